The first-order chi connectivity index (χ1) is 9.91. The Morgan fingerprint density at radius 3 is 2.86 bits per heavy atom. The zero-order chi connectivity index (χ0) is 15.6. The van der Waals surface area contributed by atoms with Crippen molar-refractivity contribution in [2.24, 2.45) is 10.9 Å². The van der Waals surface area contributed by atoms with Gasteiger partial charge in [-0.25, -0.2) is 13.4 Å². The predicted octanol–water partition coefficient (Wildman–Crippen LogP) is 0.501. The van der Waals surface area contributed by atoms with E-state index in [4.69, 9.17) is 10.9 Å². The van der Waals surface area contributed by atoms with Crippen molar-refractivity contribution >= 4 is 15.9 Å². The Labute approximate surface area is 124 Å². The molecular weight excluding hydrogens is 294 g/mol. The lowest BCUT2D eigenvalue weighted by Gasteiger charge is -2.32. The molecule has 8 nitrogen and oxygen atoms in total. The van der Waals surface area contributed by atoms with E-state index in [2.05, 4.69) is 10.1 Å². The van der Waals surface area contributed by atoms with Crippen LogP contribution in [0, 0.1) is 6.92 Å². The number of rotatable bonds is 4. The van der Waals surface area contributed by atoms with Gasteiger partial charge in [0, 0.05) is 19.3 Å². The lowest BCUT2D eigenvalue weighted by molar-refractivity contribution is 0.280. The average Bonchev–Trinajstić information content (AvgIpc) is 2.88. The fourth-order valence-electron chi connectivity index (χ4n) is 2.60. The molecule has 21 heavy (non-hydrogen) atoms. The third-order valence-corrected chi connectivity index (χ3v) is 5.56. The molecule has 2 rings (SSSR count). The number of piperidine rings is 1. The normalized spacial score (nSPS) is 21.6. The number of hydrogen-bond acceptors (Lipinski definition) is 5. The maximum absolute atomic E-state index is 12.8. The molecule has 0 radical (unpaired) electrons. The largest absolute Gasteiger partial charge is 0.409 e. The van der Waals surface area contributed by atoms with Crippen LogP contribution < -0.4 is 5.73 Å². The minimum Gasteiger partial charge on any atom is -0.409 e. The van der Waals surface area contributed by atoms with Gasteiger partial charge in [-0.05, 0) is 26.7 Å². The smallest absolute Gasteiger partial charge is 0.262 e. The molecule has 0 spiro atoms. The van der Waals surface area contributed by atoms with Crippen LogP contribution in [0.1, 0.15) is 32.0 Å². The van der Waals surface area contributed by atoms with E-state index in [9.17, 15) is 8.42 Å². The quantitative estimate of drug-likeness (QED) is 0.363. The molecule has 1 aliphatic heterocycles. The molecule has 1 fully saturated rings. The summed E-state index contributed by atoms with van der Waals surface area (Å²) in [5.41, 5.74) is 5.64. The molecule has 0 aliphatic carbocycles. The second-order valence-corrected chi connectivity index (χ2v) is 6.90. The number of aryl methyl sites for hydroxylation is 2. The number of sulfonamides is 1. The molecule has 1 aromatic heterocycles. The number of nitrogens with two attached hydrogens (primary N) is 1. The van der Waals surface area contributed by atoms with Gasteiger partial charge in [-0.15, -0.1) is 0 Å². The van der Waals surface area contributed by atoms with Crippen LogP contribution in [0.15, 0.2) is 16.4 Å². The van der Waals surface area contributed by atoms with Gasteiger partial charge in [0.25, 0.3) is 10.0 Å². The Morgan fingerprint density at radius 1 is 1.57 bits per heavy atom. The molecule has 2 heterocycles. The number of hydrogen-bond donors (Lipinski definition) is 2. The van der Waals surface area contributed by atoms with E-state index in [1.165, 1.54) is 10.5 Å². The highest BCUT2D eigenvalue weighted by Gasteiger charge is 2.37. The maximum Gasteiger partial charge on any atom is 0.262 e. The van der Waals surface area contributed by atoms with Crippen molar-refractivity contribution < 1.29 is 13.6 Å². The zero-order valence-corrected chi connectivity index (χ0v) is 13.0. The minimum atomic E-state index is -3.75. The van der Waals surface area contributed by atoms with Crippen molar-refractivity contribution in [3.8, 4) is 0 Å². The van der Waals surface area contributed by atoms with E-state index in [0.29, 0.717) is 25.3 Å². The number of nitrogens with zero attached hydrogens (tertiary/aromatic N) is 4. The summed E-state index contributed by atoms with van der Waals surface area (Å²) in [7, 11) is -3.75. The second kappa shape index (κ2) is 6.02. The monoisotopic (exact) mass is 315 g/mol. The molecule has 1 aromatic rings. The Morgan fingerprint density at radius 2 is 2.29 bits per heavy atom. The molecular formula is C12H21N5O3S. The van der Waals surface area contributed by atoms with Crippen molar-refractivity contribution in [2.75, 3.05) is 6.54 Å². The van der Waals surface area contributed by atoms with Gasteiger partial charge < -0.3 is 15.5 Å². The van der Waals surface area contributed by atoms with Gasteiger partial charge in [0.1, 0.15) is 5.82 Å². The van der Waals surface area contributed by atoms with Crippen LogP contribution in [0.4, 0.5) is 0 Å². The van der Waals surface area contributed by atoms with Gasteiger partial charge in [-0.2, -0.15) is 4.31 Å². The fourth-order valence-corrected chi connectivity index (χ4v) is 4.26. The van der Waals surface area contributed by atoms with Crippen LogP contribution >= 0.6 is 0 Å². The molecule has 1 atom stereocenters. The highest BCUT2D eigenvalue weighted by Crippen LogP contribution is 2.25. The Kier molecular flexibility index (Phi) is 4.52. The molecule has 0 amide bonds. The van der Waals surface area contributed by atoms with E-state index < -0.39 is 16.1 Å². The van der Waals surface area contributed by atoms with Gasteiger partial charge in [-0.3, -0.25) is 0 Å². The van der Waals surface area contributed by atoms with Gasteiger partial charge in [-0.1, -0.05) is 11.6 Å². The summed E-state index contributed by atoms with van der Waals surface area (Å²) in [6.45, 7) is 4.68. The van der Waals surface area contributed by atoms with E-state index in [-0.39, 0.29) is 10.9 Å². The van der Waals surface area contributed by atoms with E-state index in [1.54, 1.807) is 11.5 Å². The number of aromatic nitrogens is 2. The topological polar surface area (TPSA) is 114 Å². The third kappa shape index (κ3) is 2.88. The number of amidine groups is 1. The first-order valence-corrected chi connectivity index (χ1v) is 8.38. The lowest BCUT2D eigenvalue weighted by atomic mass is 10.0. The van der Waals surface area contributed by atoms with Crippen molar-refractivity contribution in [3.63, 3.8) is 0 Å². The molecule has 1 unspecified atom stereocenters. The molecule has 1 saturated heterocycles. The molecule has 118 valence electrons. The Hall–Kier alpha value is -1.61. The second-order valence-electron chi connectivity index (χ2n) is 5.06. The zero-order valence-electron chi connectivity index (χ0n) is 12.2. The van der Waals surface area contributed by atoms with Gasteiger partial charge in [0.05, 0.1) is 6.04 Å². The average molecular weight is 315 g/mol. The highest BCUT2D eigenvalue weighted by atomic mass is 32.2. The summed E-state index contributed by atoms with van der Waals surface area (Å²) in [4.78, 5) is 4.14. The first kappa shape index (κ1) is 15.8. The van der Waals surface area contributed by atoms with E-state index >= 15 is 0 Å². The molecule has 3 N–H and O–H groups in total. The van der Waals surface area contributed by atoms with Crippen molar-refractivity contribution in [2.45, 2.75) is 50.7 Å². The van der Waals surface area contributed by atoms with Crippen molar-refractivity contribution in [3.05, 3.63) is 12.0 Å². The van der Waals surface area contributed by atoms with Crippen molar-refractivity contribution in [1.29, 1.82) is 0 Å². The predicted molar refractivity (Wildman–Crippen MR) is 77.6 cm³/mol. The number of imidazole rings is 1. The molecule has 0 aromatic carbocycles. The molecule has 0 saturated carbocycles. The van der Waals surface area contributed by atoms with Crippen LogP contribution in [0.5, 0.6) is 0 Å². The summed E-state index contributed by atoms with van der Waals surface area (Å²) in [6.07, 6.45) is 3.67. The summed E-state index contributed by atoms with van der Waals surface area (Å²) in [6, 6.07) is -0.610. The van der Waals surface area contributed by atoms with Crippen LogP contribution in [-0.2, 0) is 16.6 Å². The molecule has 9 heteroatoms. The summed E-state index contributed by atoms with van der Waals surface area (Å²) in [5, 5.41) is 11.8. The van der Waals surface area contributed by atoms with Crippen LogP contribution in [-0.4, -0.2) is 45.9 Å². The van der Waals surface area contributed by atoms with Gasteiger partial charge in [0.15, 0.2) is 10.9 Å². The Bertz CT molecular complexity index is 637. The fraction of sp³-hybridized carbons (Fsp3) is 0.667. The molecule has 1 aliphatic rings. The van der Waals surface area contributed by atoms with Gasteiger partial charge >= 0.3 is 0 Å². The van der Waals surface area contributed by atoms with Gasteiger partial charge in [0.2, 0.25) is 0 Å². The Balaban J connectivity index is 2.40. The maximum atomic E-state index is 12.8. The minimum absolute atomic E-state index is 0.0134. The van der Waals surface area contributed by atoms with E-state index in [1.807, 2.05) is 6.92 Å². The van der Waals surface area contributed by atoms with Crippen LogP contribution in [0.3, 0.4) is 0 Å². The first-order valence-electron chi connectivity index (χ1n) is 6.94. The SMILES string of the molecule is CCn1cc(S(=O)(=O)N2CCCCC2C(N)=NO)nc1C. The third-order valence-electron chi connectivity index (χ3n) is 3.78. The lowest BCUT2D eigenvalue weighted by Crippen LogP contribution is -2.50. The standard InChI is InChI=1S/C12H21N5O3S/c1-3-16-8-11(14-9(16)2)21(19,20)17-7-5-4-6-10(17)12(13)15-18/h8,10,18H,3-7H2,1-2H3,(H2,13,15). The van der Waals surface area contributed by atoms with E-state index in [0.717, 1.165) is 12.8 Å². The number of oxime groups is 1. The molecule has 0 bridgehead atoms. The van der Waals surface area contributed by atoms with Crippen molar-refractivity contribution in [1.82, 2.24) is 13.9 Å². The van der Waals surface area contributed by atoms with Crippen LogP contribution in [0.25, 0.3) is 0 Å². The highest BCUT2D eigenvalue weighted by molar-refractivity contribution is 7.89. The summed E-state index contributed by atoms with van der Waals surface area (Å²) < 4.78 is 28.6. The summed E-state index contributed by atoms with van der Waals surface area (Å²) in [5.74, 6) is 0.568. The summed E-state index contributed by atoms with van der Waals surface area (Å²) >= 11 is 0. The van der Waals surface area contributed by atoms with Crippen LogP contribution in [0.2, 0.25) is 0 Å².